The number of esters is 2. The third-order valence-electron chi connectivity index (χ3n) is 0.825. The van der Waals surface area contributed by atoms with Crippen LogP contribution in [0.3, 0.4) is 0 Å². The number of hydrogen-bond acceptors (Lipinski definition) is 3. The monoisotopic (exact) mass is 198 g/mol. The van der Waals surface area contributed by atoms with Crippen LogP contribution in [0.15, 0.2) is 0 Å². The normalized spacial score (nSPS) is 9.27. The SMILES string of the molecule is O=C(CCCl)OC(=O)CCCl. The van der Waals surface area contributed by atoms with E-state index in [1.165, 1.54) is 0 Å². The lowest BCUT2D eigenvalue weighted by molar-refractivity contribution is -0.159. The third kappa shape index (κ3) is 6.13. The van der Waals surface area contributed by atoms with Crippen molar-refractivity contribution in [2.75, 3.05) is 11.8 Å². The van der Waals surface area contributed by atoms with Gasteiger partial charge in [-0.15, -0.1) is 23.2 Å². The molecular weight excluding hydrogens is 191 g/mol. The smallest absolute Gasteiger partial charge is 0.314 e. The van der Waals surface area contributed by atoms with E-state index in [9.17, 15) is 9.59 Å². The third-order valence-corrected chi connectivity index (χ3v) is 1.20. The van der Waals surface area contributed by atoms with Gasteiger partial charge >= 0.3 is 11.9 Å². The molecule has 0 aliphatic rings. The molecule has 0 aromatic heterocycles. The second-order valence-corrected chi connectivity index (χ2v) is 2.48. The number of alkyl halides is 2. The summed E-state index contributed by atoms with van der Waals surface area (Å²) in [5, 5.41) is 0. The van der Waals surface area contributed by atoms with Crippen LogP contribution in [0.25, 0.3) is 0 Å². The molecule has 11 heavy (non-hydrogen) atoms. The van der Waals surface area contributed by atoms with Crippen LogP contribution < -0.4 is 0 Å². The van der Waals surface area contributed by atoms with Crippen LogP contribution >= 0.6 is 23.2 Å². The van der Waals surface area contributed by atoms with Gasteiger partial charge in [0.1, 0.15) is 0 Å². The fourth-order valence-corrected chi connectivity index (χ4v) is 0.692. The Labute approximate surface area is 74.6 Å². The summed E-state index contributed by atoms with van der Waals surface area (Å²) in [6, 6.07) is 0. The number of hydrogen-bond donors (Lipinski definition) is 0. The predicted octanol–water partition coefficient (Wildman–Crippen LogP) is 1.31. The fourth-order valence-electron chi connectivity index (χ4n) is 0.383. The molecule has 0 radical (unpaired) electrons. The molecule has 0 saturated heterocycles. The Morgan fingerprint density at radius 2 is 1.36 bits per heavy atom. The first kappa shape index (κ1) is 10.7. The van der Waals surface area contributed by atoms with Gasteiger partial charge in [0.25, 0.3) is 0 Å². The molecule has 0 aromatic carbocycles. The van der Waals surface area contributed by atoms with Crippen molar-refractivity contribution in [3.63, 3.8) is 0 Å². The summed E-state index contributed by atoms with van der Waals surface area (Å²) in [7, 11) is 0. The van der Waals surface area contributed by atoms with Crippen molar-refractivity contribution in [3.8, 4) is 0 Å². The Bertz CT molecular complexity index is 131. The van der Waals surface area contributed by atoms with E-state index in [1.54, 1.807) is 0 Å². The molecule has 0 bridgehead atoms. The Kier molecular flexibility index (Phi) is 6.27. The Hall–Kier alpha value is -0.280. The molecule has 0 spiro atoms. The fraction of sp³-hybridized carbons (Fsp3) is 0.667. The summed E-state index contributed by atoms with van der Waals surface area (Å²) >= 11 is 10.4. The van der Waals surface area contributed by atoms with E-state index in [2.05, 4.69) is 4.74 Å². The van der Waals surface area contributed by atoms with Crippen molar-refractivity contribution in [3.05, 3.63) is 0 Å². The molecular formula is C6H8Cl2O3. The zero-order valence-corrected chi connectivity index (χ0v) is 7.32. The van der Waals surface area contributed by atoms with E-state index in [4.69, 9.17) is 23.2 Å². The minimum Gasteiger partial charge on any atom is -0.393 e. The summed E-state index contributed by atoms with van der Waals surface area (Å²) in [5.74, 6) is -0.884. The van der Waals surface area contributed by atoms with Crippen LogP contribution in [0, 0.1) is 0 Å². The number of carbonyl (C=O) groups is 2. The second kappa shape index (κ2) is 6.43. The zero-order valence-electron chi connectivity index (χ0n) is 5.81. The van der Waals surface area contributed by atoms with Crippen molar-refractivity contribution in [2.45, 2.75) is 12.8 Å². The minimum absolute atomic E-state index is 0.0512. The van der Waals surface area contributed by atoms with E-state index in [0.717, 1.165) is 0 Å². The summed E-state index contributed by atoms with van der Waals surface area (Å²) in [4.78, 5) is 21.1. The van der Waals surface area contributed by atoms with Gasteiger partial charge in [-0.25, -0.2) is 0 Å². The van der Waals surface area contributed by atoms with Gasteiger partial charge in [-0.2, -0.15) is 0 Å². The first-order valence-electron chi connectivity index (χ1n) is 3.06. The van der Waals surface area contributed by atoms with Crippen LogP contribution in [0.5, 0.6) is 0 Å². The highest BCUT2D eigenvalue weighted by Gasteiger charge is 2.07. The lowest BCUT2D eigenvalue weighted by Crippen LogP contribution is -2.12. The summed E-state index contributed by atoms with van der Waals surface area (Å²) in [5.41, 5.74) is 0. The average Bonchev–Trinajstić information content (AvgIpc) is 1.87. The Morgan fingerprint density at radius 1 is 1.00 bits per heavy atom. The van der Waals surface area contributed by atoms with Crippen LogP contribution in [-0.4, -0.2) is 23.7 Å². The van der Waals surface area contributed by atoms with Gasteiger partial charge in [0.15, 0.2) is 0 Å². The molecule has 0 N–H and O–H groups in total. The maximum Gasteiger partial charge on any atom is 0.314 e. The summed E-state index contributed by atoms with van der Waals surface area (Å²) in [6.45, 7) is 0. The number of halogens is 2. The quantitative estimate of drug-likeness (QED) is 0.389. The topological polar surface area (TPSA) is 43.4 Å². The molecule has 64 valence electrons. The summed E-state index contributed by atoms with van der Waals surface area (Å²) in [6.07, 6.45) is 0.102. The molecule has 0 amide bonds. The predicted molar refractivity (Wildman–Crippen MR) is 41.8 cm³/mol. The highest BCUT2D eigenvalue weighted by molar-refractivity contribution is 6.19. The Balaban J connectivity index is 3.49. The van der Waals surface area contributed by atoms with Crippen LogP contribution in [-0.2, 0) is 14.3 Å². The molecule has 0 unspecified atom stereocenters. The van der Waals surface area contributed by atoms with Gasteiger partial charge in [0.2, 0.25) is 0 Å². The van der Waals surface area contributed by atoms with Gasteiger partial charge in [-0.1, -0.05) is 0 Å². The first-order valence-corrected chi connectivity index (χ1v) is 4.13. The van der Waals surface area contributed by atoms with Gasteiger partial charge in [-0.3, -0.25) is 9.59 Å². The van der Waals surface area contributed by atoms with Gasteiger partial charge in [0.05, 0.1) is 12.8 Å². The first-order chi connectivity index (χ1) is 5.20. The second-order valence-electron chi connectivity index (χ2n) is 1.72. The van der Waals surface area contributed by atoms with E-state index in [-0.39, 0.29) is 24.6 Å². The highest BCUT2D eigenvalue weighted by atomic mass is 35.5. The van der Waals surface area contributed by atoms with Crippen LogP contribution in [0.4, 0.5) is 0 Å². The number of rotatable bonds is 4. The van der Waals surface area contributed by atoms with Crippen molar-refractivity contribution < 1.29 is 14.3 Å². The average molecular weight is 199 g/mol. The van der Waals surface area contributed by atoms with Gasteiger partial charge in [0, 0.05) is 11.8 Å². The standard InChI is InChI=1S/C6H8Cl2O3/c7-3-1-5(9)11-6(10)2-4-8/h1-4H2. The van der Waals surface area contributed by atoms with E-state index < -0.39 is 11.9 Å². The molecule has 3 nitrogen and oxygen atoms in total. The molecule has 0 rings (SSSR count). The van der Waals surface area contributed by atoms with Crippen LogP contribution in [0.1, 0.15) is 12.8 Å². The number of carbonyl (C=O) groups excluding carboxylic acids is 2. The van der Waals surface area contributed by atoms with Gasteiger partial charge < -0.3 is 4.74 Å². The zero-order chi connectivity index (χ0) is 8.69. The molecule has 0 heterocycles. The molecule has 0 fully saturated rings. The van der Waals surface area contributed by atoms with Crippen molar-refractivity contribution in [2.24, 2.45) is 0 Å². The molecule has 0 aliphatic heterocycles. The summed E-state index contributed by atoms with van der Waals surface area (Å²) < 4.78 is 4.28. The van der Waals surface area contributed by atoms with Gasteiger partial charge in [-0.05, 0) is 0 Å². The lowest BCUT2D eigenvalue weighted by atomic mass is 10.5. The van der Waals surface area contributed by atoms with Crippen molar-refractivity contribution in [1.82, 2.24) is 0 Å². The van der Waals surface area contributed by atoms with E-state index >= 15 is 0 Å². The van der Waals surface area contributed by atoms with Crippen molar-refractivity contribution in [1.29, 1.82) is 0 Å². The van der Waals surface area contributed by atoms with E-state index in [1.807, 2.05) is 0 Å². The minimum atomic E-state index is -0.602. The Morgan fingerprint density at radius 3 is 1.64 bits per heavy atom. The lowest BCUT2D eigenvalue weighted by Gasteiger charge is -1.98. The largest absolute Gasteiger partial charge is 0.393 e. The van der Waals surface area contributed by atoms with Crippen molar-refractivity contribution >= 4 is 35.1 Å². The number of ether oxygens (including phenoxy) is 1. The molecule has 0 saturated carbocycles. The highest BCUT2D eigenvalue weighted by Crippen LogP contribution is 1.94. The maximum absolute atomic E-state index is 10.6. The van der Waals surface area contributed by atoms with E-state index in [0.29, 0.717) is 0 Å². The van der Waals surface area contributed by atoms with Crippen LogP contribution in [0.2, 0.25) is 0 Å². The maximum atomic E-state index is 10.6. The molecule has 0 atom stereocenters. The molecule has 0 aliphatic carbocycles. The molecule has 5 heteroatoms. The molecule has 0 aromatic rings.